The Labute approximate surface area is 174 Å². The van der Waals surface area contributed by atoms with Crippen LogP contribution in [-0.4, -0.2) is 31.8 Å². The van der Waals surface area contributed by atoms with Crippen LogP contribution < -0.4 is 10.3 Å². The lowest BCUT2D eigenvalue weighted by atomic mass is 10.2. The zero-order chi connectivity index (χ0) is 21.9. The lowest BCUT2D eigenvalue weighted by Gasteiger charge is -2.17. The Bertz CT molecular complexity index is 1060. The van der Waals surface area contributed by atoms with E-state index in [2.05, 4.69) is 9.97 Å². The van der Waals surface area contributed by atoms with Crippen molar-refractivity contribution in [1.82, 2.24) is 14.5 Å². The lowest BCUT2D eigenvalue weighted by Crippen LogP contribution is -2.28. The Morgan fingerprint density at radius 3 is 2.37 bits per heavy atom. The van der Waals surface area contributed by atoms with Crippen LogP contribution >= 0.6 is 11.8 Å². The van der Waals surface area contributed by atoms with Crippen molar-refractivity contribution in [3.8, 4) is 11.6 Å². The molecule has 0 saturated carbocycles. The SMILES string of the molecule is CC(C)(O)COc1ccc(-n2ccnc(Sc3ccc(C(F)(F)F)cc3)c2=O)cn1. The molecule has 6 nitrogen and oxygen atoms in total. The molecule has 0 aliphatic carbocycles. The van der Waals surface area contributed by atoms with E-state index in [-0.39, 0.29) is 11.6 Å². The molecule has 0 aliphatic heterocycles. The third-order valence-corrected chi connectivity index (χ3v) is 4.76. The summed E-state index contributed by atoms with van der Waals surface area (Å²) in [5.41, 5.74) is -1.74. The molecular formula is C20H18F3N3O3S. The van der Waals surface area contributed by atoms with Gasteiger partial charge >= 0.3 is 6.18 Å². The van der Waals surface area contributed by atoms with Gasteiger partial charge in [0.2, 0.25) is 5.88 Å². The molecule has 0 fully saturated rings. The maximum absolute atomic E-state index is 12.7. The van der Waals surface area contributed by atoms with E-state index in [1.807, 2.05) is 0 Å². The van der Waals surface area contributed by atoms with Gasteiger partial charge < -0.3 is 9.84 Å². The van der Waals surface area contributed by atoms with Crippen molar-refractivity contribution in [2.45, 2.75) is 35.5 Å². The zero-order valence-electron chi connectivity index (χ0n) is 16.1. The van der Waals surface area contributed by atoms with Crippen molar-refractivity contribution < 1.29 is 23.0 Å². The number of ether oxygens (including phenoxy) is 1. The van der Waals surface area contributed by atoms with Gasteiger partial charge in [-0.25, -0.2) is 9.97 Å². The van der Waals surface area contributed by atoms with Crippen LogP contribution in [0.15, 0.2) is 69.7 Å². The molecule has 3 aromatic rings. The Hall–Kier alpha value is -2.85. The molecular weight excluding hydrogens is 419 g/mol. The first-order chi connectivity index (χ1) is 14.0. The van der Waals surface area contributed by atoms with Crippen LogP contribution in [0.1, 0.15) is 19.4 Å². The molecule has 2 aromatic heterocycles. The fraction of sp³-hybridized carbons (Fsp3) is 0.250. The molecule has 0 bridgehead atoms. The first-order valence-electron chi connectivity index (χ1n) is 8.77. The molecule has 0 amide bonds. The summed E-state index contributed by atoms with van der Waals surface area (Å²) in [7, 11) is 0. The van der Waals surface area contributed by atoms with Crippen LogP contribution in [0.5, 0.6) is 5.88 Å². The molecule has 0 spiro atoms. The summed E-state index contributed by atoms with van der Waals surface area (Å²) in [4.78, 5) is 21.4. The van der Waals surface area contributed by atoms with Crippen LogP contribution in [0.25, 0.3) is 5.69 Å². The molecule has 1 N–H and O–H groups in total. The first-order valence-corrected chi connectivity index (χ1v) is 9.59. The number of benzene rings is 1. The number of hydrogen-bond acceptors (Lipinski definition) is 6. The molecule has 0 atom stereocenters. The number of rotatable bonds is 6. The monoisotopic (exact) mass is 437 g/mol. The molecule has 1 aromatic carbocycles. The highest BCUT2D eigenvalue weighted by atomic mass is 32.2. The number of pyridine rings is 1. The van der Waals surface area contributed by atoms with Crippen molar-refractivity contribution in [1.29, 1.82) is 0 Å². The van der Waals surface area contributed by atoms with Gasteiger partial charge in [-0.3, -0.25) is 9.36 Å². The summed E-state index contributed by atoms with van der Waals surface area (Å²) in [5, 5.41) is 9.80. The lowest BCUT2D eigenvalue weighted by molar-refractivity contribution is -0.137. The van der Waals surface area contributed by atoms with Gasteiger partial charge in [0.15, 0.2) is 5.03 Å². The molecule has 0 saturated heterocycles. The summed E-state index contributed by atoms with van der Waals surface area (Å²) >= 11 is 0.972. The zero-order valence-corrected chi connectivity index (χ0v) is 16.9. The predicted molar refractivity (Wildman–Crippen MR) is 105 cm³/mol. The van der Waals surface area contributed by atoms with E-state index >= 15 is 0 Å². The minimum atomic E-state index is -4.42. The average Bonchev–Trinajstić information content (AvgIpc) is 2.68. The van der Waals surface area contributed by atoms with E-state index in [0.29, 0.717) is 16.5 Å². The van der Waals surface area contributed by atoms with E-state index < -0.39 is 22.9 Å². The van der Waals surface area contributed by atoms with E-state index in [4.69, 9.17) is 4.74 Å². The van der Waals surface area contributed by atoms with Crippen LogP contribution in [0, 0.1) is 0 Å². The fourth-order valence-electron chi connectivity index (χ4n) is 2.34. The largest absolute Gasteiger partial charge is 0.475 e. The second kappa shape index (κ2) is 8.49. The molecule has 0 radical (unpaired) electrons. The van der Waals surface area contributed by atoms with Gasteiger partial charge in [-0.15, -0.1) is 0 Å². The molecule has 0 aliphatic rings. The van der Waals surface area contributed by atoms with Crippen molar-refractivity contribution in [2.75, 3.05) is 6.61 Å². The predicted octanol–water partition coefficient (Wildman–Crippen LogP) is 3.95. The van der Waals surface area contributed by atoms with Crippen molar-refractivity contribution in [2.24, 2.45) is 0 Å². The highest BCUT2D eigenvalue weighted by molar-refractivity contribution is 7.99. The van der Waals surface area contributed by atoms with Gasteiger partial charge in [-0.2, -0.15) is 13.2 Å². The summed E-state index contributed by atoms with van der Waals surface area (Å²) in [6.45, 7) is 3.27. The van der Waals surface area contributed by atoms with E-state index in [1.54, 1.807) is 26.0 Å². The van der Waals surface area contributed by atoms with Gasteiger partial charge in [0.1, 0.15) is 6.61 Å². The minimum Gasteiger partial charge on any atom is -0.475 e. The number of aromatic nitrogens is 3. The quantitative estimate of drug-likeness (QED) is 0.629. The number of aliphatic hydroxyl groups is 1. The van der Waals surface area contributed by atoms with Crippen LogP contribution in [0.3, 0.4) is 0 Å². The number of alkyl halides is 3. The molecule has 158 valence electrons. The molecule has 10 heteroatoms. The standard InChI is InChI=1S/C20H18F3N3O3S/c1-19(2,28)12-29-16-8-5-14(11-25-16)26-10-9-24-17(18(26)27)30-15-6-3-13(4-7-15)20(21,22)23/h3-11,28H,12H2,1-2H3. The first kappa shape index (κ1) is 21.8. The number of nitrogens with zero attached hydrogens (tertiary/aromatic N) is 3. The van der Waals surface area contributed by atoms with Gasteiger partial charge in [0.05, 0.1) is 23.0 Å². The summed E-state index contributed by atoms with van der Waals surface area (Å²) in [6.07, 6.45) is -0.0928. The Morgan fingerprint density at radius 1 is 1.10 bits per heavy atom. The van der Waals surface area contributed by atoms with Crippen LogP contribution in [-0.2, 0) is 6.18 Å². The number of halogens is 3. The third kappa shape index (κ3) is 5.61. The Morgan fingerprint density at radius 2 is 1.80 bits per heavy atom. The maximum Gasteiger partial charge on any atom is 0.416 e. The highest BCUT2D eigenvalue weighted by Crippen LogP contribution is 2.31. The Kier molecular flexibility index (Phi) is 6.18. The molecule has 2 heterocycles. The van der Waals surface area contributed by atoms with Crippen molar-refractivity contribution in [3.63, 3.8) is 0 Å². The van der Waals surface area contributed by atoms with Gasteiger partial charge in [-0.05, 0) is 44.2 Å². The van der Waals surface area contributed by atoms with Gasteiger partial charge in [0, 0.05) is 23.4 Å². The topological polar surface area (TPSA) is 77.2 Å². The minimum absolute atomic E-state index is 0.0580. The second-order valence-corrected chi connectivity index (χ2v) is 8.05. The maximum atomic E-state index is 12.7. The van der Waals surface area contributed by atoms with Crippen LogP contribution in [0.4, 0.5) is 13.2 Å². The second-order valence-electron chi connectivity index (χ2n) is 6.99. The summed E-state index contributed by atoms with van der Waals surface area (Å²) < 4.78 is 44.8. The van der Waals surface area contributed by atoms with Gasteiger partial charge in [-0.1, -0.05) is 11.8 Å². The van der Waals surface area contributed by atoms with Crippen molar-refractivity contribution >= 4 is 11.8 Å². The number of hydrogen-bond donors (Lipinski definition) is 1. The fourth-order valence-corrected chi connectivity index (χ4v) is 3.14. The van der Waals surface area contributed by atoms with E-state index in [1.165, 1.54) is 35.3 Å². The normalized spacial score (nSPS) is 12.1. The summed E-state index contributed by atoms with van der Waals surface area (Å²) in [5.74, 6) is 0.294. The van der Waals surface area contributed by atoms with Crippen molar-refractivity contribution in [3.05, 3.63) is 70.9 Å². The third-order valence-electron chi connectivity index (χ3n) is 3.78. The molecule has 30 heavy (non-hydrogen) atoms. The highest BCUT2D eigenvalue weighted by Gasteiger charge is 2.30. The van der Waals surface area contributed by atoms with E-state index in [9.17, 15) is 23.1 Å². The van der Waals surface area contributed by atoms with Crippen LogP contribution in [0.2, 0.25) is 0 Å². The summed E-state index contributed by atoms with van der Waals surface area (Å²) in [6, 6.07) is 7.70. The smallest absolute Gasteiger partial charge is 0.416 e. The Balaban J connectivity index is 1.79. The average molecular weight is 437 g/mol. The van der Waals surface area contributed by atoms with E-state index in [0.717, 1.165) is 23.9 Å². The molecule has 3 rings (SSSR count). The molecule has 0 unspecified atom stereocenters. The van der Waals surface area contributed by atoms with Gasteiger partial charge in [0.25, 0.3) is 5.56 Å².